The smallest absolute Gasteiger partial charge is 0.339 e. The second kappa shape index (κ2) is 5.34. The molecule has 0 radical (unpaired) electrons. The van der Waals surface area contributed by atoms with E-state index in [9.17, 15) is 14.7 Å². The SMILES string of the molecule is Cc1cc(-n2cc(C(=O)O)c3c2C(c2ccsc2)CC(=O)N3)no1. The zero-order valence-corrected chi connectivity index (χ0v) is 13.5. The van der Waals surface area contributed by atoms with Crippen LogP contribution in [0.25, 0.3) is 5.82 Å². The van der Waals surface area contributed by atoms with Gasteiger partial charge in [0.1, 0.15) is 11.3 Å². The molecule has 1 atom stereocenters. The molecule has 0 aliphatic carbocycles. The fourth-order valence-electron chi connectivity index (χ4n) is 3.04. The van der Waals surface area contributed by atoms with Crippen LogP contribution in [0.3, 0.4) is 0 Å². The number of carbonyl (C=O) groups is 2. The molecule has 1 aliphatic heterocycles. The number of carboxylic acid groups (broad SMARTS) is 1. The summed E-state index contributed by atoms with van der Waals surface area (Å²) < 4.78 is 6.81. The van der Waals surface area contributed by atoms with Crippen LogP contribution in [0, 0.1) is 6.92 Å². The van der Waals surface area contributed by atoms with Crippen molar-refractivity contribution >= 4 is 28.9 Å². The van der Waals surface area contributed by atoms with Gasteiger partial charge in [-0.1, -0.05) is 5.16 Å². The standard InChI is InChI=1S/C16H13N3O4S/c1-8-4-12(18-23-8)19-6-11(16(21)22)14-15(19)10(5-13(20)17-14)9-2-3-24-7-9/h2-4,6-7,10H,5H2,1H3,(H,17,20)(H,21,22). The Bertz CT molecular complexity index is 939. The lowest BCUT2D eigenvalue weighted by Gasteiger charge is -2.24. The van der Waals surface area contributed by atoms with Gasteiger partial charge >= 0.3 is 5.97 Å². The molecule has 0 aromatic carbocycles. The summed E-state index contributed by atoms with van der Waals surface area (Å²) in [5.41, 5.74) is 2.06. The second-order valence-corrected chi connectivity index (χ2v) is 6.42. The number of thiophene rings is 1. The molecule has 0 fully saturated rings. The minimum absolute atomic E-state index is 0.0407. The Balaban J connectivity index is 1.98. The van der Waals surface area contributed by atoms with Crippen LogP contribution in [-0.2, 0) is 4.79 Å². The Morgan fingerprint density at radius 1 is 1.54 bits per heavy atom. The van der Waals surface area contributed by atoms with Crippen molar-refractivity contribution in [3.63, 3.8) is 0 Å². The molecule has 3 aromatic heterocycles. The lowest BCUT2D eigenvalue weighted by molar-refractivity contribution is -0.116. The second-order valence-electron chi connectivity index (χ2n) is 5.64. The molecule has 0 spiro atoms. The molecular weight excluding hydrogens is 330 g/mol. The summed E-state index contributed by atoms with van der Waals surface area (Å²) in [4.78, 5) is 23.7. The van der Waals surface area contributed by atoms with Crippen LogP contribution < -0.4 is 5.32 Å². The third-order valence-corrected chi connectivity index (χ3v) is 4.77. The van der Waals surface area contributed by atoms with E-state index in [1.54, 1.807) is 17.6 Å². The maximum Gasteiger partial charge on any atom is 0.339 e. The molecule has 0 bridgehead atoms. The van der Waals surface area contributed by atoms with E-state index in [4.69, 9.17) is 4.52 Å². The van der Waals surface area contributed by atoms with Crippen molar-refractivity contribution < 1.29 is 19.2 Å². The molecule has 4 rings (SSSR count). The highest BCUT2D eigenvalue weighted by atomic mass is 32.1. The number of amides is 1. The first-order valence-corrected chi connectivity index (χ1v) is 8.23. The van der Waals surface area contributed by atoms with Crippen LogP contribution in [0.4, 0.5) is 5.69 Å². The van der Waals surface area contributed by atoms with Gasteiger partial charge in [-0.2, -0.15) is 11.3 Å². The molecule has 122 valence electrons. The highest BCUT2D eigenvalue weighted by Gasteiger charge is 2.35. The number of carbonyl (C=O) groups excluding carboxylic acids is 1. The molecule has 7 nitrogen and oxygen atoms in total. The lowest BCUT2D eigenvalue weighted by atomic mass is 9.90. The first-order valence-electron chi connectivity index (χ1n) is 7.28. The molecular formula is C16H13N3O4S. The number of aromatic nitrogens is 2. The van der Waals surface area contributed by atoms with Crippen LogP contribution in [0.1, 0.15) is 39.7 Å². The largest absolute Gasteiger partial charge is 0.478 e. The third kappa shape index (κ3) is 2.23. The molecule has 24 heavy (non-hydrogen) atoms. The molecule has 0 saturated heterocycles. The summed E-state index contributed by atoms with van der Waals surface area (Å²) in [7, 11) is 0. The molecule has 1 unspecified atom stereocenters. The zero-order chi connectivity index (χ0) is 16.8. The summed E-state index contributed by atoms with van der Waals surface area (Å²) in [5.74, 6) is -0.416. The number of aryl methyl sites for hydroxylation is 1. The summed E-state index contributed by atoms with van der Waals surface area (Å²) >= 11 is 1.54. The first-order chi connectivity index (χ1) is 11.5. The van der Waals surface area contributed by atoms with Crippen LogP contribution in [0.2, 0.25) is 0 Å². The van der Waals surface area contributed by atoms with Gasteiger partial charge in [0.15, 0.2) is 5.82 Å². The van der Waals surface area contributed by atoms with E-state index in [2.05, 4.69) is 10.5 Å². The number of fused-ring (bicyclic) bond motifs is 1. The first kappa shape index (κ1) is 14.7. The van der Waals surface area contributed by atoms with Gasteiger partial charge in [-0.3, -0.25) is 9.36 Å². The van der Waals surface area contributed by atoms with Crippen molar-refractivity contribution in [1.82, 2.24) is 9.72 Å². The average Bonchev–Trinajstić information content (AvgIpc) is 3.24. The number of aromatic carboxylic acids is 1. The monoisotopic (exact) mass is 343 g/mol. The fraction of sp³-hybridized carbons (Fsp3) is 0.188. The van der Waals surface area contributed by atoms with Gasteiger partial charge in [-0.05, 0) is 29.3 Å². The Morgan fingerprint density at radius 3 is 3.00 bits per heavy atom. The number of rotatable bonds is 3. The van der Waals surface area contributed by atoms with E-state index in [0.29, 0.717) is 23.0 Å². The van der Waals surface area contributed by atoms with Gasteiger partial charge in [-0.25, -0.2) is 4.79 Å². The van der Waals surface area contributed by atoms with Crippen molar-refractivity contribution in [1.29, 1.82) is 0 Å². The highest BCUT2D eigenvalue weighted by Crippen LogP contribution is 2.41. The molecule has 1 amide bonds. The van der Waals surface area contributed by atoms with Crippen LogP contribution in [0.5, 0.6) is 0 Å². The van der Waals surface area contributed by atoms with Gasteiger partial charge in [0.2, 0.25) is 5.91 Å². The summed E-state index contributed by atoms with van der Waals surface area (Å²) in [5, 5.41) is 20.1. The Hall–Kier alpha value is -2.87. The molecule has 8 heteroatoms. The van der Waals surface area contributed by atoms with Crippen molar-refractivity contribution in [3.05, 3.63) is 51.7 Å². The van der Waals surface area contributed by atoms with Crippen molar-refractivity contribution in [2.24, 2.45) is 0 Å². The topological polar surface area (TPSA) is 97.4 Å². The normalized spacial score (nSPS) is 16.7. The van der Waals surface area contributed by atoms with Crippen LogP contribution in [-0.4, -0.2) is 26.7 Å². The van der Waals surface area contributed by atoms with E-state index in [1.807, 2.05) is 16.8 Å². The summed E-state index contributed by atoms with van der Waals surface area (Å²) in [6.45, 7) is 1.77. The minimum atomic E-state index is -1.10. The van der Waals surface area contributed by atoms with Gasteiger partial charge in [0.25, 0.3) is 0 Å². The molecule has 4 heterocycles. The Labute approximate surface area is 140 Å². The van der Waals surface area contributed by atoms with E-state index >= 15 is 0 Å². The number of hydrogen-bond acceptors (Lipinski definition) is 5. The van der Waals surface area contributed by atoms with E-state index in [0.717, 1.165) is 5.56 Å². The Morgan fingerprint density at radius 2 is 2.38 bits per heavy atom. The third-order valence-electron chi connectivity index (χ3n) is 4.07. The molecule has 2 N–H and O–H groups in total. The van der Waals surface area contributed by atoms with E-state index < -0.39 is 5.97 Å². The van der Waals surface area contributed by atoms with Crippen LogP contribution >= 0.6 is 11.3 Å². The number of nitrogens with zero attached hydrogens (tertiary/aromatic N) is 2. The predicted molar refractivity (Wildman–Crippen MR) is 86.9 cm³/mol. The highest BCUT2D eigenvalue weighted by molar-refractivity contribution is 7.08. The molecule has 3 aromatic rings. The number of anilines is 1. The number of hydrogen-bond donors (Lipinski definition) is 2. The van der Waals surface area contributed by atoms with Gasteiger partial charge < -0.3 is 14.9 Å². The average molecular weight is 343 g/mol. The van der Waals surface area contributed by atoms with Gasteiger partial charge in [0, 0.05) is 24.6 Å². The van der Waals surface area contributed by atoms with E-state index in [-0.39, 0.29) is 23.8 Å². The van der Waals surface area contributed by atoms with E-state index in [1.165, 1.54) is 17.5 Å². The molecule has 1 aliphatic rings. The Kier molecular flexibility index (Phi) is 3.27. The van der Waals surface area contributed by atoms with Crippen molar-refractivity contribution in [2.45, 2.75) is 19.3 Å². The maximum absolute atomic E-state index is 12.1. The number of carboxylic acids is 1. The zero-order valence-electron chi connectivity index (χ0n) is 12.6. The summed E-state index contributed by atoms with van der Waals surface area (Å²) in [6.07, 6.45) is 1.74. The predicted octanol–water partition coefficient (Wildman–Crippen LogP) is 3.01. The van der Waals surface area contributed by atoms with Crippen LogP contribution in [0.15, 0.2) is 33.6 Å². The summed E-state index contributed by atoms with van der Waals surface area (Å²) in [6, 6.07) is 3.68. The maximum atomic E-state index is 12.1. The van der Waals surface area contributed by atoms with Gasteiger partial charge in [0.05, 0.1) is 11.4 Å². The minimum Gasteiger partial charge on any atom is -0.478 e. The van der Waals surface area contributed by atoms with Gasteiger partial charge in [-0.15, -0.1) is 0 Å². The van der Waals surface area contributed by atoms with Crippen molar-refractivity contribution in [3.8, 4) is 5.82 Å². The fourth-order valence-corrected chi connectivity index (χ4v) is 3.75. The molecule has 0 saturated carbocycles. The quantitative estimate of drug-likeness (QED) is 0.762. The number of nitrogens with one attached hydrogen (secondary N) is 1. The van der Waals surface area contributed by atoms with Crippen molar-refractivity contribution in [2.75, 3.05) is 5.32 Å². The lowest BCUT2D eigenvalue weighted by Crippen LogP contribution is -2.25.